The van der Waals surface area contributed by atoms with Gasteiger partial charge in [-0.05, 0) is 49.2 Å². The van der Waals surface area contributed by atoms with Crippen molar-refractivity contribution in [3.05, 3.63) is 63.4 Å². The number of rotatable bonds is 4. The summed E-state index contributed by atoms with van der Waals surface area (Å²) in [6.45, 7) is 1.38. The van der Waals surface area contributed by atoms with E-state index in [0.29, 0.717) is 35.8 Å². The van der Waals surface area contributed by atoms with Crippen molar-refractivity contribution in [1.82, 2.24) is 4.98 Å². The minimum atomic E-state index is -3.30. The maximum atomic E-state index is 12.9. The fourth-order valence-corrected chi connectivity index (χ4v) is 6.35. The predicted octanol–water partition coefficient (Wildman–Crippen LogP) is 5.67. The molecule has 0 amide bonds. The van der Waals surface area contributed by atoms with Gasteiger partial charge in [-0.2, -0.15) is 0 Å². The molecular weight excluding hydrogens is 480 g/mol. The molecule has 146 valence electrons. The topological polar surface area (TPSA) is 50.3 Å². The van der Waals surface area contributed by atoms with Crippen LogP contribution >= 0.6 is 38.9 Å². The minimum Gasteiger partial charge on any atom is -0.348 e. The van der Waals surface area contributed by atoms with Gasteiger partial charge < -0.3 is 4.90 Å². The highest BCUT2D eigenvalue weighted by Gasteiger charge is 2.32. The molecule has 4 rings (SSSR count). The summed E-state index contributed by atoms with van der Waals surface area (Å²) in [5.74, 6) is 0. The molecule has 1 aromatic heterocycles. The molecule has 0 bridgehead atoms. The number of nitrogens with zero attached hydrogens (tertiary/aromatic N) is 2. The largest absolute Gasteiger partial charge is 0.348 e. The van der Waals surface area contributed by atoms with Gasteiger partial charge in [0.05, 0.1) is 15.8 Å². The summed E-state index contributed by atoms with van der Waals surface area (Å²) in [5.41, 5.74) is 1.95. The second kappa shape index (κ2) is 8.14. The summed E-state index contributed by atoms with van der Waals surface area (Å²) in [4.78, 5) is 7.31. The van der Waals surface area contributed by atoms with Crippen LogP contribution in [0.3, 0.4) is 0 Å². The Balaban J connectivity index is 1.44. The van der Waals surface area contributed by atoms with Crippen LogP contribution in [-0.4, -0.2) is 31.7 Å². The van der Waals surface area contributed by atoms with Gasteiger partial charge in [0.25, 0.3) is 0 Å². The lowest BCUT2D eigenvalue weighted by atomic mass is 10.1. The Morgan fingerprint density at radius 1 is 1.04 bits per heavy atom. The van der Waals surface area contributed by atoms with Crippen molar-refractivity contribution < 1.29 is 8.42 Å². The molecule has 1 saturated heterocycles. The maximum Gasteiger partial charge on any atom is 0.185 e. The Hall–Kier alpha value is -1.41. The molecule has 0 radical (unpaired) electrons. The number of hydrogen-bond acceptors (Lipinski definition) is 5. The smallest absolute Gasteiger partial charge is 0.185 e. The van der Waals surface area contributed by atoms with Crippen molar-refractivity contribution in [2.24, 2.45) is 0 Å². The molecule has 8 heteroatoms. The second-order valence-electron chi connectivity index (χ2n) is 6.71. The minimum absolute atomic E-state index is 0.347. The first kappa shape index (κ1) is 19.9. The Kier molecular flexibility index (Phi) is 5.78. The van der Waals surface area contributed by atoms with Crippen molar-refractivity contribution in [3.8, 4) is 11.3 Å². The van der Waals surface area contributed by atoms with E-state index >= 15 is 0 Å². The number of aromatic nitrogens is 1. The van der Waals surface area contributed by atoms with E-state index in [1.165, 1.54) is 0 Å². The van der Waals surface area contributed by atoms with Crippen LogP contribution in [0.2, 0.25) is 5.02 Å². The quantitative estimate of drug-likeness (QED) is 0.466. The average molecular weight is 498 g/mol. The predicted molar refractivity (Wildman–Crippen MR) is 119 cm³/mol. The highest BCUT2D eigenvalue weighted by molar-refractivity contribution is 9.10. The zero-order valence-corrected chi connectivity index (χ0v) is 18.9. The molecule has 3 aromatic rings. The van der Waals surface area contributed by atoms with E-state index in [1.54, 1.807) is 35.6 Å². The number of sulfone groups is 1. The van der Waals surface area contributed by atoms with Crippen molar-refractivity contribution in [2.45, 2.75) is 23.0 Å². The van der Waals surface area contributed by atoms with Crippen molar-refractivity contribution in [2.75, 3.05) is 18.0 Å². The Labute approximate surface area is 182 Å². The molecule has 4 nitrogen and oxygen atoms in total. The molecule has 2 heterocycles. The van der Waals surface area contributed by atoms with Crippen LogP contribution in [0, 0.1) is 0 Å². The van der Waals surface area contributed by atoms with Crippen molar-refractivity contribution in [3.63, 3.8) is 0 Å². The third-order valence-corrected chi connectivity index (χ3v) is 8.89. The van der Waals surface area contributed by atoms with Crippen molar-refractivity contribution >= 4 is 53.8 Å². The molecule has 0 saturated carbocycles. The molecule has 0 unspecified atom stereocenters. The number of thiazole rings is 1. The summed E-state index contributed by atoms with van der Waals surface area (Å²) in [7, 11) is -3.30. The van der Waals surface area contributed by atoms with Crippen molar-refractivity contribution in [1.29, 1.82) is 0 Å². The van der Waals surface area contributed by atoms with Gasteiger partial charge in [0.15, 0.2) is 15.0 Å². The molecule has 0 atom stereocenters. The van der Waals surface area contributed by atoms with Gasteiger partial charge in [0, 0.05) is 33.5 Å². The molecule has 28 heavy (non-hydrogen) atoms. The van der Waals surface area contributed by atoms with E-state index in [1.807, 2.05) is 29.6 Å². The number of anilines is 1. The zero-order chi connectivity index (χ0) is 19.7. The normalized spacial score (nSPS) is 15.7. The summed E-state index contributed by atoms with van der Waals surface area (Å²) in [6, 6.07) is 14.5. The van der Waals surface area contributed by atoms with Gasteiger partial charge in [-0.1, -0.05) is 39.7 Å². The average Bonchev–Trinajstić information content (AvgIpc) is 3.19. The van der Waals surface area contributed by atoms with Gasteiger partial charge in [-0.15, -0.1) is 11.3 Å². The highest BCUT2D eigenvalue weighted by atomic mass is 79.9. The maximum absolute atomic E-state index is 12.9. The first-order valence-corrected chi connectivity index (χ1v) is 12.5. The zero-order valence-electron chi connectivity index (χ0n) is 14.9. The number of benzene rings is 2. The Bertz CT molecular complexity index is 1060. The highest BCUT2D eigenvalue weighted by Crippen LogP contribution is 2.32. The van der Waals surface area contributed by atoms with E-state index < -0.39 is 9.84 Å². The van der Waals surface area contributed by atoms with E-state index in [9.17, 15) is 8.42 Å². The van der Waals surface area contributed by atoms with Crippen LogP contribution in [0.25, 0.3) is 11.3 Å². The van der Waals surface area contributed by atoms with Crippen LogP contribution in [0.5, 0.6) is 0 Å². The monoisotopic (exact) mass is 496 g/mol. The molecule has 1 aliphatic heterocycles. The van der Waals surface area contributed by atoms with Crippen LogP contribution in [-0.2, 0) is 9.84 Å². The first-order valence-electron chi connectivity index (χ1n) is 8.89. The lowest BCUT2D eigenvalue weighted by Gasteiger charge is -2.31. The number of piperidine rings is 1. The third-order valence-electron chi connectivity index (χ3n) is 4.93. The molecule has 0 aliphatic carbocycles. The van der Waals surface area contributed by atoms with E-state index in [2.05, 4.69) is 20.8 Å². The molecule has 2 aromatic carbocycles. The summed E-state index contributed by atoms with van der Waals surface area (Å²) >= 11 is 10.9. The summed E-state index contributed by atoms with van der Waals surface area (Å²) in [6.07, 6.45) is 1.21. The van der Waals surface area contributed by atoms with E-state index in [-0.39, 0.29) is 5.25 Å². The van der Waals surface area contributed by atoms with Crippen LogP contribution in [0.1, 0.15) is 12.8 Å². The van der Waals surface area contributed by atoms with Crippen LogP contribution in [0.4, 0.5) is 5.13 Å². The number of hydrogen-bond donors (Lipinski definition) is 0. The van der Waals surface area contributed by atoms with E-state index in [4.69, 9.17) is 16.6 Å². The fraction of sp³-hybridized carbons (Fsp3) is 0.250. The van der Waals surface area contributed by atoms with E-state index in [0.717, 1.165) is 20.9 Å². The van der Waals surface area contributed by atoms with Gasteiger partial charge in [0.2, 0.25) is 0 Å². The van der Waals surface area contributed by atoms with Gasteiger partial charge in [-0.3, -0.25) is 0 Å². The molecule has 0 N–H and O–H groups in total. The lowest BCUT2D eigenvalue weighted by molar-refractivity contribution is 0.529. The van der Waals surface area contributed by atoms with Gasteiger partial charge in [0.1, 0.15) is 0 Å². The third kappa shape index (κ3) is 4.13. The molecule has 1 aliphatic rings. The summed E-state index contributed by atoms with van der Waals surface area (Å²) < 4.78 is 26.7. The SMILES string of the molecule is O=S(=O)(c1ccc(Br)cc1)C1CCN(c2nc(-c3ccc(Cl)cc3)cs2)CC1. The Morgan fingerprint density at radius 3 is 2.32 bits per heavy atom. The second-order valence-corrected chi connectivity index (χ2v) is 11.1. The first-order chi connectivity index (χ1) is 13.4. The van der Waals surface area contributed by atoms with Crippen LogP contribution < -0.4 is 4.90 Å². The molecule has 0 spiro atoms. The van der Waals surface area contributed by atoms with Crippen LogP contribution in [0.15, 0.2) is 63.3 Å². The number of halogens is 2. The standard InChI is InChI=1S/C20H18BrClN2O2S2/c21-15-3-7-17(8-4-15)28(25,26)18-9-11-24(12-10-18)20-23-19(13-27-20)14-1-5-16(22)6-2-14/h1-8,13,18H,9-12H2. The summed E-state index contributed by atoms with van der Waals surface area (Å²) in [5, 5.41) is 3.32. The fourth-order valence-electron chi connectivity index (χ4n) is 3.34. The molecular formula is C20H18BrClN2O2S2. The molecule has 1 fully saturated rings. The Morgan fingerprint density at radius 2 is 1.68 bits per heavy atom. The van der Waals surface area contributed by atoms with Gasteiger partial charge >= 0.3 is 0 Å². The lowest BCUT2D eigenvalue weighted by Crippen LogP contribution is -2.39. The van der Waals surface area contributed by atoms with Gasteiger partial charge in [-0.25, -0.2) is 13.4 Å².